The van der Waals surface area contributed by atoms with Crippen molar-refractivity contribution in [2.45, 2.75) is 30.6 Å². The highest BCUT2D eigenvalue weighted by atomic mass is 32.2. The SMILES string of the molecule is O=C(Oc1ccccc1)c1cccc(S(=O)(=O)N2CCCCCC2)c1. The first-order valence-electron chi connectivity index (χ1n) is 8.45. The van der Waals surface area contributed by atoms with E-state index in [-0.39, 0.29) is 10.5 Å². The zero-order valence-electron chi connectivity index (χ0n) is 13.9. The van der Waals surface area contributed by atoms with Crippen LogP contribution in [0.15, 0.2) is 59.5 Å². The van der Waals surface area contributed by atoms with Gasteiger partial charge in [0, 0.05) is 13.1 Å². The van der Waals surface area contributed by atoms with E-state index in [1.165, 1.54) is 16.4 Å². The second-order valence-electron chi connectivity index (χ2n) is 6.05. The largest absolute Gasteiger partial charge is 0.423 e. The van der Waals surface area contributed by atoms with Gasteiger partial charge in [0.2, 0.25) is 10.0 Å². The first-order chi connectivity index (χ1) is 12.1. The highest BCUT2D eigenvalue weighted by molar-refractivity contribution is 7.89. The van der Waals surface area contributed by atoms with Gasteiger partial charge in [-0.2, -0.15) is 4.31 Å². The maximum absolute atomic E-state index is 12.8. The van der Waals surface area contributed by atoms with Crippen LogP contribution < -0.4 is 4.74 Å². The van der Waals surface area contributed by atoms with Crippen LogP contribution >= 0.6 is 0 Å². The zero-order chi connectivity index (χ0) is 17.7. The fraction of sp³-hybridized carbons (Fsp3) is 0.316. The lowest BCUT2D eigenvalue weighted by Crippen LogP contribution is -2.32. The molecule has 2 aromatic rings. The predicted molar refractivity (Wildman–Crippen MR) is 95.1 cm³/mol. The number of nitrogens with zero attached hydrogens (tertiary/aromatic N) is 1. The summed E-state index contributed by atoms with van der Waals surface area (Å²) in [5.74, 6) is -0.146. The molecule has 1 saturated heterocycles. The van der Waals surface area contributed by atoms with Crippen LogP contribution in [0, 0.1) is 0 Å². The number of carbonyl (C=O) groups is 1. The van der Waals surface area contributed by atoms with E-state index in [2.05, 4.69) is 0 Å². The molecule has 1 heterocycles. The van der Waals surface area contributed by atoms with E-state index in [4.69, 9.17) is 4.74 Å². The summed E-state index contributed by atoms with van der Waals surface area (Å²) in [7, 11) is -3.59. The molecule has 0 bridgehead atoms. The molecule has 0 unspecified atom stereocenters. The molecule has 0 aliphatic carbocycles. The Morgan fingerprint density at radius 1 is 0.880 bits per heavy atom. The van der Waals surface area contributed by atoms with Gasteiger partial charge in [0.05, 0.1) is 10.5 Å². The van der Waals surface area contributed by atoms with E-state index < -0.39 is 16.0 Å². The molecule has 1 fully saturated rings. The minimum Gasteiger partial charge on any atom is -0.423 e. The third-order valence-corrected chi connectivity index (χ3v) is 6.12. The molecular formula is C19H21NO4S. The van der Waals surface area contributed by atoms with Crippen molar-refractivity contribution < 1.29 is 17.9 Å². The molecule has 25 heavy (non-hydrogen) atoms. The summed E-state index contributed by atoms with van der Waals surface area (Å²) in [4.78, 5) is 12.4. The van der Waals surface area contributed by atoms with Crippen molar-refractivity contribution in [2.24, 2.45) is 0 Å². The molecular weight excluding hydrogens is 338 g/mol. The number of esters is 1. The maximum Gasteiger partial charge on any atom is 0.343 e. The van der Waals surface area contributed by atoms with Crippen LogP contribution in [-0.4, -0.2) is 31.8 Å². The molecule has 0 saturated carbocycles. The minimum atomic E-state index is -3.59. The molecule has 0 N–H and O–H groups in total. The third-order valence-electron chi connectivity index (χ3n) is 4.23. The van der Waals surface area contributed by atoms with Crippen LogP contribution in [0.25, 0.3) is 0 Å². The van der Waals surface area contributed by atoms with Crippen molar-refractivity contribution in [1.29, 1.82) is 0 Å². The summed E-state index contributed by atoms with van der Waals surface area (Å²) in [5, 5.41) is 0. The summed E-state index contributed by atoms with van der Waals surface area (Å²) in [6.45, 7) is 1.06. The number of ether oxygens (including phenoxy) is 1. The summed E-state index contributed by atoms with van der Waals surface area (Å²) in [6.07, 6.45) is 3.84. The van der Waals surface area contributed by atoms with E-state index in [1.54, 1.807) is 36.4 Å². The lowest BCUT2D eigenvalue weighted by molar-refractivity contribution is 0.0734. The number of sulfonamides is 1. The van der Waals surface area contributed by atoms with Gasteiger partial charge in [-0.05, 0) is 43.2 Å². The predicted octanol–water partition coefficient (Wildman–Crippen LogP) is 3.47. The van der Waals surface area contributed by atoms with E-state index in [0.717, 1.165) is 25.7 Å². The van der Waals surface area contributed by atoms with Crippen molar-refractivity contribution in [3.05, 3.63) is 60.2 Å². The topological polar surface area (TPSA) is 63.7 Å². The van der Waals surface area contributed by atoms with Gasteiger partial charge in [0.1, 0.15) is 5.75 Å². The van der Waals surface area contributed by atoms with Gasteiger partial charge >= 0.3 is 5.97 Å². The Labute approximate surface area is 148 Å². The number of rotatable bonds is 4. The first kappa shape index (κ1) is 17.6. The van der Waals surface area contributed by atoms with Crippen LogP contribution in [0.2, 0.25) is 0 Å². The number of hydrogen-bond donors (Lipinski definition) is 0. The molecule has 132 valence electrons. The maximum atomic E-state index is 12.8. The van der Waals surface area contributed by atoms with E-state index in [1.807, 2.05) is 6.07 Å². The van der Waals surface area contributed by atoms with Gasteiger partial charge in [-0.25, -0.2) is 13.2 Å². The Hall–Kier alpha value is -2.18. The first-order valence-corrected chi connectivity index (χ1v) is 9.89. The third kappa shape index (κ3) is 4.27. The average Bonchev–Trinajstić information content (AvgIpc) is 2.93. The van der Waals surface area contributed by atoms with Crippen LogP contribution in [0.3, 0.4) is 0 Å². The molecule has 3 rings (SSSR count). The Bertz CT molecular complexity index is 826. The van der Waals surface area contributed by atoms with Crippen molar-refractivity contribution >= 4 is 16.0 Å². The Morgan fingerprint density at radius 2 is 1.56 bits per heavy atom. The second-order valence-corrected chi connectivity index (χ2v) is 7.99. The van der Waals surface area contributed by atoms with E-state index in [0.29, 0.717) is 18.8 Å². The summed E-state index contributed by atoms with van der Waals surface area (Å²) >= 11 is 0. The van der Waals surface area contributed by atoms with Crippen molar-refractivity contribution in [3.8, 4) is 5.75 Å². The Kier molecular flexibility index (Phi) is 5.50. The van der Waals surface area contributed by atoms with Gasteiger partial charge in [-0.3, -0.25) is 0 Å². The average molecular weight is 359 g/mol. The van der Waals surface area contributed by atoms with Crippen molar-refractivity contribution in [3.63, 3.8) is 0 Å². The van der Waals surface area contributed by atoms with E-state index >= 15 is 0 Å². The number of carbonyl (C=O) groups excluding carboxylic acids is 1. The minimum absolute atomic E-state index is 0.136. The fourth-order valence-electron chi connectivity index (χ4n) is 2.87. The highest BCUT2D eigenvalue weighted by Crippen LogP contribution is 2.22. The molecule has 2 aromatic carbocycles. The van der Waals surface area contributed by atoms with Gasteiger partial charge in [0.15, 0.2) is 0 Å². The normalized spacial score (nSPS) is 16.2. The number of para-hydroxylation sites is 1. The molecule has 0 spiro atoms. The van der Waals surface area contributed by atoms with Crippen LogP contribution in [0.5, 0.6) is 5.75 Å². The molecule has 1 aliphatic heterocycles. The molecule has 0 amide bonds. The van der Waals surface area contributed by atoms with Crippen LogP contribution in [0.4, 0.5) is 0 Å². The smallest absolute Gasteiger partial charge is 0.343 e. The van der Waals surface area contributed by atoms with Crippen molar-refractivity contribution in [1.82, 2.24) is 4.31 Å². The summed E-state index contributed by atoms with van der Waals surface area (Å²) < 4.78 is 32.5. The van der Waals surface area contributed by atoms with Gasteiger partial charge in [0.25, 0.3) is 0 Å². The number of benzene rings is 2. The number of hydrogen-bond acceptors (Lipinski definition) is 4. The molecule has 0 radical (unpaired) electrons. The highest BCUT2D eigenvalue weighted by Gasteiger charge is 2.26. The molecule has 0 aromatic heterocycles. The molecule has 5 nitrogen and oxygen atoms in total. The summed E-state index contributed by atoms with van der Waals surface area (Å²) in [5.41, 5.74) is 0.222. The zero-order valence-corrected chi connectivity index (χ0v) is 14.7. The monoisotopic (exact) mass is 359 g/mol. The molecule has 1 aliphatic rings. The Balaban J connectivity index is 1.81. The Morgan fingerprint density at radius 3 is 2.24 bits per heavy atom. The molecule has 6 heteroatoms. The van der Waals surface area contributed by atoms with Crippen LogP contribution in [-0.2, 0) is 10.0 Å². The van der Waals surface area contributed by atoms with Gasteiger partial charge in [-0.1, -0.05) is 37.1 Å². The fourth-order valence-corrected chi connectivity index (χ4v) is 4.43. The van der Waals surface area contributed by atoms with Crippen molar-refractivity contribution in [2.75, 3.05) is 13.1 Å². The standard InChI is InChI=1S/C19H21NO4S/c21-19(24-17-10-4-3-5-11-17)16-9-8-12-18(15-16)25(22,23)20-13-6-1-2-7-14-20/h3-5,8-12,15H,1-2,6-7,13-14H2. The van der Waals surface area contributed by atoms with Gasteiger partial charge in [-0.15, -0.1) is 0 Å². The quantitative estimate of drug-likeness (QED) is 0.619. The van der Waals surface area contributed by atoms with E-state index in [9.17, 15) is 13.2 Å². The lowest BCUT2D eigenvalue weighted by atomic mass is 10.2. The van der Waals surface area contributed by atoms with Crippen LogP contribution in [0.1, 0.15) is 36.0 Å². The molecule has 0 atom stereocenters. The lowest BCUT2D eigenvalue weighted by Gasteiger charge is -2.20. The van der Waals surface area contributed by atoms with Gasteiger partial charge < -0.3 is 4.74 Å². The summed E-state index contributed by atoms with van der Waals surface area (Å²) in [6, 6.07) is 14.8. The second kappa shape index (κ2) is 7.80.